The monoisotopic (exact) mass is 317 g/mol. The lowest BCUT2D eigenvalue weighted by Crippen LogP contribution is -2.43. The molecule has 0 aliphatic heterocycles. The van der Waals surface area contributed by atoms with Gasteiger partial charge in [0.15, 0.2) is 5.78 Å². The summed E-state index contributed by atoms with van der Waals surface area (Å²) in [5, 5.41) is 9.27. The molecule has 0 aliphatic carbocycles. The molecule has 3 nitrogen and oxygen atoms in total. The molecule has 0 N–H and O–H groups in total. The molecule has 0 heterocycles. The Kier molecular flexibility index (Phi) is 5.58. The molecule has 22 heavy (non-hydrogen) atoms. The molecule has 0 bridgehead atoms. The van der Waals surface area contributed by atoms with E-state index >= 15 is 0 Å². The van der Waals surface area contributed by atoms with Gasteiger partial charge in [-0.1, -0.05) is 34.6 Å². The summed E-state index contributed by atoms with van der Waals surface area (Å²) >= 11 is 0. The zero-order valence-corrected chi connectivity index (χ0v) is 15.7. The molecule has 0 saturated carbocycles. The summed E-state index contributed by atoms with van der Waals surface area (Å²) in [5.74, 6) is 0.102. The van der Waals surface area contributed by atoms with Crippen LogP contribution in [-0.2, 0) is 0 Å². The van der Waals surface area contributed by atoms with Gasteiger partial charge < -0.3 is 4.43 Å². The van der Waals surface area contributed by atoms with E-state index in [4.69, 9.17) is 9.69 Å². The zero-order chi connectivity index (χ0) is 17.1. The van der Waals surface area contributed by atoms with Crippen molar-refractivity contribution in [2.45, 2.75) is 52.8 Å². The number of benzene rings is 1. The first kappa shape index (κ1) is 18.4. The van der Waals surface area contributed by atoms with E-state index in [2.05, 4.69) is 39.9 Å². The van der Waals surface area contributed by atoms with Gasteiger partial charge >= 0.3 is 0 Å². The molecule has 0 radical (unpaired) electrons. The number of rotatable bonds is 5. The fourth-order valence-corrected chi connectivity index (χ4v) is 2.86. The number of hydrogen-bond acceptors (Lipinski definition) is 3. The third-order valence-corrected chi connectivity index (χ3v) is 8.76. The van der Waals surface area contributed by atoms with E-state index in [0.717, 1.165) is 5.75 Å². The summed E-state index contributed by atoms with van der Waals surface area (Å²) in [6, 6.07) is 9.29. The van der Waals surface area contributed by atoms with E-state index in [0.29, 0.717) is 5.56 Å². The average molecular weight is 318 g/mol. The van der Waals surface area contributed by atoms with Gasteiger partial charge in [0, 0.05) is 5.56 Å². The van der Waals surface area contributed by atoms with Crippen molar-refractivity contribution < 1.29 is 9.22 Å². The Morgan fingerprint density at radius 1 is 1.18 bits per heavy atom. The van der Waals surface area contributed by atoms with Crippen molar-refractivity contribution in [1.29, 1.82) is 5.26 Å². The number of nitrogens with zero attached hydrogens (tertiary/aromatic N) is 1. The van der Waals surface area contributed by atoms with Crippen molar-refractivity contribution >= 4 is 14.1 Å². The molecule has 4 heteroatoms. The molecule has 1 atom stereocenters. The second-order valence-electron chi connectivity index (χ2n) is 7.60. The maximum Gasteiger partial charge on any atom is 0.250 e. The average Bonchev–Trinajstić information content (AvgIpc) is 2.38. The Hall–Kier alpha value is -1.60. The smallest absolute Gasteiger partial charge is 0.250 e. The summed E-state index contributed by atoms with van der Waals surface area (Å²) in [6.45, 7) is 14.7. The molecule has 0 aromatic heterocycles. The molecule has 0 amide bonds. The van der Waals surface area contributed by atoms with E-state index in [-0.39, 0.29) is 16.7 Å². The van der Waals surface area contributed by atoms with Crippen molar-refractivity contribution in [2.24, 2.45) is 11.8 Å². The largest absolute Gasteiger partial charge is 0.544 e. The lowest BCUT2D eigenvalue weighted by molar-refractivity contribution is 0.0924. The predicted molar refractivity (Wildman–Crippen MR) is 92.5 cm³/mol. The normalized spacial score (nSPS) is 13.6. The Morgan fingerprint density at radius 3 is 2.05 bits per heavy atom. The third-order valence-electron chi connectivity index (χ3n) is 4.41. The number of nitriles is 1. The quantitative estimate of drug-likeness (QED) is 0.564. The van der Waals surface area contributed by atoms with Crippen LogP contribution in [0.25, 0.3) is 0 Å². The highest BCUT2D eigenvalue weighted by molar-refractivity contribution is 6.74. The number of ketones is 1. The standard InChI is InChI=1S/C18H27NO2Si/c1-13(2)16(12-19)17(20)14-8-10-15(11-9-14)21-22(6,7)18(3,4)5/h8-11,13,16H,1-7H3/t16-/m1/s1. The molecule has 1 aromatic carbocycles. The molecule has 0 spiro atoms. The van der Waals surface area contributed by atoms with Crippen LogP contribution in [0.4, 0.5) is 0 Å². The number of Topliss-reactive ketones (excluding diaryl/α,β-unsaturated/α-hetero) is 1. The fraction of sp³-hybridized carbons (Fsp3) is 0.556. The second kappa shape index (κ2) is 6.66. The van der Waals surface area contributed by atoms with Crippen LogP contribution < -0.4 is 4.43 Å². The maximum absolute atomic E-state index is 12.3. The van der Waals surface area contributed by atoms with E-state index < -0.39 is 14.2 Å². The molecule has 0 unspecified atom stereocenters. The summed E-state index contributed by atoms with van der Waals surface area (Å²) in [6.07, 6.45) is 0. The minimum atomic E-state index is -1.87. The summed E-state index contributed by atoms with van der Waals surface area (Å²) < 4.78 is 6.20. The number of carbonyl (C=O) groups excluding carboxylic acids is 1. The maximum atomic E-state index is 12.3. The molecule has 1 aromatic rings. The first-order valence-electron chi connectivity index (χ1n) is 7.72. The topological polar surface area (TPSA) is 50.1 Å². The highest BCUT2D eigenvalue weighted by Gasteiger charge is 2.39. The van der Waals surface area contributed by atoms with Crippen LogP contribution in [0.1, 0.15) is 45.0 Å². The van der Waals surface area contributed by atoms with Crippen LogP contribution in [-0.4, -0.2) is 14.1 Å². The first-order chi connectivity index (χ1) is 9.99. The van der Waals surface area contributed by atoms with E-state index in [1.165, 1.54) is 0 Å². The highest BCUT2D eigenvalue weighted by atomic mass is 28.4. The highest BCUT2D eigenvalue weighted by Crippen LogP contribution is 2.37. The van der Waals surface area contributed by atoms with Crippen molar-refractivity contribution in [3.05, 3.63) is 29.8 Å². The first-order valence-corrected chi connectivity index (χ1v) is 10.6. The minimum absolute atomic E-state index is 0.0145. The van der Waals surface area contributed by atoms with Crippen molar-refractivity contribution in [3.63, 3.8) is 0 Å². The second-order valence-corrected chi connectivity index (χ2v) is 12.3. The van der Waals surface area contributed by atoms with Crippen LogP contribution in [0.2, 0.25) is 18.1 Å². The van der Waals surface area contributed by atoms with Gasteiger partial charge in [0.1, 0.15) is 11.7 Å². The Balaban J connectivity index is 2.93. The van der Waals surface area contributed by atoms with Gasteiger partial charge in [-0.15, -0.1) is 0 Å². The van der Waals surface area contributed by atoms with Gasteiger partial charge in [0.05, 0.1) is 6.07 Å². The van der Waals surface area contributed by atoms with Gasteiger partial charge in [0.2, 0.25) is 8.32 Å². The Labute approximate surface area is 135 Å². The van der Waals surface area contributed by atoms with Gasteiger partial charge in [-0.3, -0.25) is 4.79 Å². The van der Waals surface area contributed by atoms with E-state index in [1.807, 2.05) is 26.0 Å². The SMILES string of the molecule is CC(C)[C@@H](C#N)C(=O)c1ccc(O[Si](C)(C)C(C)(C)C)cc1. The van der Waals surface area contributed by atoms with E-state index in [9.17, 15) is 4.79 Å². The fourth-order valence-electron chi connectivity index (χ4n) is 1.82. The van der Waals surface area contributed by atoms with Gasteiger partial charge in [-0.25, -0.2) is 0 Å². The van der Waals surface area contributed by atoms with Gasteiger partial charge in [-0.05, 0) is 48.3 Å². The minimum Gasteiger partial charge on any atom is -0.544 e. The lowest BCUT2D eigenvalue weighted by atomic mass is 9.89. The van der Waals surface area contributed by atoms with Gasteiger partial charge in [0.25, 0.3) is 0 Å². The van der Waals surface area contributed by atoms with Crippen molar-refractivity contribution in [1.82, 2.24) is 0 Å². The molecule has 0 fully saturated rings. The molecule has 120 valence electrons. The lowest BCUT2D eigenvalue weighted by Gasteiger charge is -2.36. The number of hydrogen-bond donors (Lipinski definition) is 0. The van der Waals surface area contributed by atoms with Crippen LogP contribution in [0.5, 0.6) is 5.75 Å². The third kappa shape index (κ3) is 4.20. The Bertz CT molecular complexity index is 562. The van der Waals surface area contributed by atoms with Crippen molar-refractivity contribution in [2.75, 3.05) is 0 Å². The Morgan fingerprint density at radius 2 is 1.68 bits per heavy atom. The van der Waals surface area contributed by atoms with Crippen molar-refractivity contribution in [3.8, 4) is 11.8 Å². The molecule has 0 aliphatic rings. The van der Waals surface area contributed by atoms with Crippen LogP contribution >= 0.6 is 0 Å². The molecular weight excluding hydrogens is 290 g/mol. The molecule has 1 rings (SSSR count). The predicted octanol–water partition coefficient (Wildman–Crippen LogP) is 5.05. The van der Waals surface area contributed by atoms with Gasteiger partial charge in [-0.2, -0.15) is 5.26 Å². The van der Waals surface area contributed by atoms with E-state index in [1.54, 1.807) is 12.1 Å². The molecule has 0 saturated heterocycles. The summed E-state index contributed by atoms with van der Waals surface area (Å²) in [5.41, 5.74) is 0.572. The molecular formula is C18H27NO2Si. The summed E-state index contributed by atoms with van der Waals surface area (Å²) in [4.78, 5) is 12.3. The van der Waals surface area contributed by atoms with Crippen LogP contribution in [0.3, 0.4) is 0 Å². The summed E-state index contributed by atoms with van der Waals surface area (Å²) in [7, 11) is -1.87. The zero-order valence-electron chi connectivity index (χ0n) is 14.7. The van der Waals surface area contributed by atoms with Crippen LogP contribution in [0.15, 0.2) is 24.3 Å². The van der Waals surface area contributed by atoms with Crippen LogP contribution in [0, 0.1) is 23.2 Å². The number of carbonyl (C=O) groups is 1.